The van der Waals surface area contributed by atoms with E-state index < -0.39 is 0 Å². The van der Waals surface area contributed by atoms with Gasteiger partial charge in [0.1, 0.15) is 5.75 Å². The molecule has 0 atom stereocenters. The van der Waals surface area contributed by atoms with Crippen LogP contribution in [-0.4, -0.2) is 19.6 Å². The first-order valence-corrected chi connectivity index (χ1v) is 7.59. The van der Waals surface area contributed by atoms with E-state index in [4.69, 9.17) is 4.74 Å². The summed E-state index contributed by atoms with van der Waals surface area (Å²) in [4.78, 5) is 11.3. The molecule has 0 aliphatic carbocycles. The van der Waals surface area contributed by atoms with Crippen LogP contribution in [0.3, 0.4) is 0 Å². The van der Waals surface area contributed by atoms with Gasteiger partial charge in [0.05, 0.1) is 6.61 Å². The lowest BCUT2D eigenvalue weighted by molar-refractivity contribution is -0.120. The molecule has 3 heteroatoms. The highest BCUT2D eigenvalue weighted by molar-refractivity contribution is 5.87. The van der Waals surface area contributed by atoms with Gasteiger partial charge in [-0.1, -0.05) is 31.2 Å². The monoisotopic (exact) mass is 285 g/mol. The van der Waals surface area contributed by atoms with E-state index in [0.717, 1.165) is 31.6 Å². The van der Waals surface area contributed by atoms with Crippen molar-refractivity contribution in [2.75, 3.05) is 13.7 Å². The fraction of sp³-hybridized carbons (Fsp3) is 0.389. The molecule has 0 fully saturated rings. The molecule has 2 rings (SSSR count). The summed E-state index contributed by atoms with van der Waals surface area (Å²) >= 11 is 0. The van der Waals surface area contributed by atoms with Crippen LogP contribution in [0.4, 0.5) is 0 Å². The number of carbonyl (C=O) groups is 1. The zero-order valence-corrected chi connectivity index (χ0v) is 12.8. The third-order valence-electron chi connectivity index (χ3n) is 3.55. The predicted molar refractivity (Wildman–Crippen MR) is 86.7 cm³/mol. The van der Waals surface area contributed by atoms with Crippen molar-refractivity contribution in [3.63, 3.8) is 0 Å². The standard InChI is InChI=1S/C18H23NO2/c1-3-12-21-16-11-10-15-7-4-6-14(17(15)13-16)8-5-9-18(20)19-2/h4,6-7,10-11,13H,3,5,8-9,12H2,1-2H3,(H,19,20). The molecule has 0 aromatic heterocycles. The van der Waals surface area contributed by atoms with E-state index in [1.165, 1.54) is 16.3 Å². The number of amides is 1. The first-order chi connectivity index (χ1) is 10.2. The Kier molecular flexibility index (Phi) is 5.61. The second kappa shape index (κ2) is 7.67. The largest absolute Gasteiger partial charge is 0.494 e. The molecule has 1 N–H and O–H groups in total. The Morgan fingerprint density at radius 3 is 2.86 bits per heavy atom. The minimum absolute atomic E-state index is 0.0993. The molecule has 0 aliphatic rings. The smallest absolute Gasteiger partial charge is 0.219 e. The van der Waals surface area contributed by atoms with Gasteiger partial charge in [-0.3, -0.25) is 4.79 Å². The number of fused-ring (bicyclic) bond motifs is 1. The van der Waals surface area contributed by atoms with E-state index in [0.29, 0.717) is 6.42 Å². The summed E-state index contributed by atoms with van der Waals surface area (Å²) in [6.07, 6.45) is 3.34. The summed E-state index contributed by atoms with van der Waals surface area (Å²) < 4.78 is 5.71. The van der Waals surface area contributed by atoms with Crippen LogP contribution in [0.1, 0.15) is 31.7 Å². The Morgan fingerprint density at radius 2 is 2.10 bits per heavy atom. The van der Waals surface area contributed by atoms with Crippen LogP contribution in [0.25, 0.3) is 10.8 Å². The summed E-state index contributed by atoms with van der Waals surface area (Å²) in [5.74, 6) is 1.02. The summed E-state index contributed by atoms with van der Waals surface area (Å²) in [5.41, 5.74) is 1.28. The van der Waals surface area contributed by atoms with E-state index in [1.54, 1.807) is 7.05 Å². The van der Waals surface area contributed by atoms with Crippen molar-refractivity contribution in [3.05, 3.63) is 42.0 Å². The van der Waals surface area contributed by atoms with Crippen LogP contribution >= 0.6 is 0 Å². The SMILES string of the molecule is CCCOc1ccc2cccc(CCCC(=O)NC)c2c1. The lowest BCUT2D eigenvalue weighted by atomic mass is 10.00. The Morgan fingerprint density at radius 1 is 1.24 bits per heavy atom. The van der Waals surface area contributed by atoms with Crippen molar-refractivity contribution >= 4 is 16.7 Å². The van der Waals surface area contributed by atoms with Gasteiger partial charge in [-0.2, -0.15) is 0 Å². The molecular weight excluding hydrogens is 262 g/mol. The van der Waals surface area contributed by atoms with E-state index in [9.17, 15) is 4.79 Å². The molecule has 21 heavy (non-hydrogen) atoms. The quantitative estimate of drug-likeness (QED) is 0.842. The fourth-order valence-corrected chi connectivity index (χ4v) is 2.41. The number of aryl methyl sites for hydroxylation is 1. The van der Waals surface area contributed by atoms with Crippen LogP contribution in [-0.2, 0) is 11.2 Å². The molecule has 3 nitrogen and oxygen atoms in total. The Labute approximate surface area is 126 Å². The maximum Gasteiger partial charge on any atom is 0.219 e. The van der Waals surface area contributed by atoms with Crippen LogP contribution in [0.5, 0.6) is 5.75 Å². The van der Waals surface area contributed by atoms with Gasteiger partial charge in [0, 0.05) is 13.5 Å². The van der Waals surface area contributed by atoms with Crippen molar-refractivity contribution in [3.8, 4) is 5.75 Å². The summed E-state index contributed by atoms with van der Waals surface area (Å²) in [5, 5.41) is 5.11. The zero-order chi connectivity index (χ0) is 15.1. The van der Waals surface area contributed by atoms with Gasteiger partial charge < -0.3 is 10.1 Å². The highest BCUT2D eigenvalue weighted by Gasteiger charge is 2.05. The molecule has 0 saturated heterocycles. The second-order valence-electron chi connectivity index (χ2n) is 5.18. The molecule has 0 unspecified atom stereocenters. The van der Waals surface area contributed by atoms with Crippen molar-refractivity contribution in [2.24, 2.45) is 0 Å². The van der Waals surface area contributed by atoms with E-state index >= 15 is 0 Å². The maximum atomic E-state index is 11.3. The van der Waals surface area contributed by atoms with Gasteiger partial charge in [-0.05, 0) is 47.7 Å². The number of nitrogens with one attached hydrogen (secondary N) is 1. The number of ether oxygens (including phenoxy) is 1. The minimum Gasteiger partial charge on any atom is -0.494 e. The molecule has 2 aromatic rings. The molecule has 0 saturated carbocycles. The third kappa shape index (κ3) is 4.22. The molecule has 0 aliphatic heterocycles. The molecule has 2 aromatic carbocycles. The Balaban J connectivity index is 2.15. The molecule has 0 bridgehead atoms. The Hall–Kier alpha value is -2.03. The first kappa shape index (κ1) is 15.4. The van der Waals surface area contributed by atoms with E-state index in [2.05, 4.69) is 42.6 Å². The van der Waals surface area contributed by atoms with Crippen molar-refractivity contribution < 1.29 is 9.53 Å². The maximum absolute atomic E-state index is 11.3. The normalized spacial score (nSPS) is 10.6. The number of carbonyl (C=O) groups excluding carboxylic acids is 1. The number of hydrogen-bond acceptors (Lipinski definition) is 2. The molecule has 112 valence electrons. The lowest BCUT2D eigenvalue weighted by Gasteiger charge is -2.10. The molecule has 0 radical (unpaired) electrons. The van der Waals surface area contributed by atoms with Gasteiger partial charge in [-0.25, -0.2) is 0 Å². The van der Waals surface area contributed by atoms with Crippen LogP contribution in [0, 0.1) is 0 Å². The van der Waals surface area contributed by atoms with Gasteiger partial charge in [0.15, 0.2) is 0 Å². The third-order valence-corrected chi connectivity index (χ3v) is 3.55. The van der Waals surface area contributed by atoms with Gasteiger partial charge in [-0.15, -0.1) is 0 Å². The number of rotatable bonds is 7. The fourth-order valence-electron chi connectivity index (χ4n) is 2.41. The summed E-state index contributed by atoms with van der Waals surface area (Å²) in [6, 6.07) is 12.6. The molecular formula is C18H23NO2. The summed E-state index contributed by atoms with van der Waals surface area (Å²) in [7, 11) is 1.68. The van der Waals surface area contributed by atoms with Crippen LogP contribution in [0.15, 0.2) is 36.4 Å². The highest BCUT2D eigenvalue weighted by atomic mass is 16.5. The van der Waals surface area contributed by atoms with E-state index in [1.807, 2.05) is 6.07 Å². The minimum atomic E-state index is 0.0993. The number of hydrogen-bond donors (Lipinski definition) is 1. The van der Waals surface area contributed by atoms with Crippen molar-refractivity contribution in [2.45, 2.75) is 32.6 Å². The van der Waals surface area contributed by atoms with Crippen molar-refractivity contribution in [1.29, 1.82) is 0 Å². The zero-order valence-electron chi connectivity index (χ0n) is 12.8. The molecule has 0 heterocycles. The van der Waals surface area contributed by atoms with Gasteiger partial charge in [0.2, 0.25) is 5.91 Å². The van der Waals surface area contributed by atoms with Gasteiger partial charge in [0.25, 0.3) is 0 Å². The number of benzene rings is 2. The average Bonchev–Trinajstić information content (AvgIpc) is 2.52. The summed E-state index contributed by atoms with van der Waals surface area (Å²) in [6.45, 7) is 2.84. The second-order valence-corrected chi connectivity index (χ2v) is 5.18. The predicted octanol–water partition coefficient (Wildman–Crippen LogP) is 3.70. The van der Waals surface area contributed by atoms with Crippen molar-refractivity contribution in [1.82, 2.24) is 5.32 Å². The topological polar surface area (TPSA) is 38.3 Å². The van der Waals surface area contributed by atoms with Gasteiger partial charge >= 0.3 is 0 Å². The molecule has 0 spiro atoms. The molecule has 1 amide bonds. The van der Waals surface area contributed by atoms with Crippen LogP contribution < -0.4 is 10.1 Å². The Bertz CT molecular complexity index is 607. The lowest BCUT2D eigenvalue weighted by Crippen LogP contribution is -2.17. The average molecular weight is 285 g/mol. The van der Waals surface area contributed by atoms with E-state index in [-0.39, 0.29) is 5.91 Å². The first-order valence-electron chi connectivity index (χ1n) is 7.59. The van der Waals surface area contributed by atoms with Crippen LogP contribution in [0.2, 0.25) is 0 Å². The highest BCUT2D eigenvalue weighted by Crippen LogP contribution is 2.25.